The van der Waals surface area contributed by atoms with Gasteiger partial charge in [-0.15, -0.1) is 0 Å². The summed E-state index contributed by atoms with van der Waals surface area (Å²) in [5, 5.41) is 11.4. The Hall–Kier alpha value is -3.42. The standard InChI is InChI=1S/C34H49N5O2/c1-9-22(2)33-26(11-10-16-37-33)19-39(21-34(5,6)7)20-27-17-25(13-12-23(27)3)29(18-31(40)41)28-14-15-30(38(8)36)32(35)24(28)4/h10-17,22,29H,9,18-21,35-36H2,1-8H3,(H,40,41). The zero-order chi connectivity index (χ0) is 30.5. The van der Waals surface area contributed by atoms with Gasteiger partial charge in [0.1, 0.15) is 0 Å². The van der Waals surface area contributed by atoms with Crippen molar-refractivity contribution in [2.24, 2.45) is 11.3 Å². The Morgan fingerprint density at radius 2 is 1.76 bits per heavy atom. The van der Waals surface area contributed by atoms with Crippen LogP contribution in [0.1, 0.15) is 98.4 Å². The summed E-state index contributed by atoms with van der Waals surface area (Å²) in [4.78, 5) is 19.3. The predicted molar refractivity (Wildman–Crippen MR) is 170 cm³/mol. The second kappa shape index (κ2) is 13.5. The van der Waals surface area contributed by atoms with E-state index in [-0.39, 0.29) is 17.8 Å². The molecule has 0 aliphatic carbocycles. The summed E-state index contributed by atoms with van der Waals surface area (Å²) in [5.41, 5.74) is 15.4. The van der Waals surface area contributed by atoms with Crippen LogP contribution in [0.4, 0.5) is 11.4 Å². The van der Waals surface area contributed by atoms with Gasteiger partial charge in [-0.25, -0.2) is 5.84 Å². The molecule has 2 aromatic carbocycles. The van der Waals surface area contributed by atoms with Gasteiger partial charge >= 0.3 is 5.97 Å². The van der Waals surface area contributed by atoms with Gasteiger partial charge < -0.3 is 15.8 Å². The Labute approximate surface area is 246 Å². The van der Waals surface area contributed by atoms with Gasteiger partial charge in [0.15, 0.2) is 0 Å². The minimum atomic E-state index is -0.848. The normalized spacial score (nSPS) is 13.3. The SMILES string of the molecule is CCC(C)c1ncccc1CN(Cc1cc(C(CC(=O)O)c2ccc(N(C)N)c(N)c2C)ccc1C)CC(C)(C)C. The minimum Gasteiger partial charge on any atom is -0.481 e. The monoisotopic (exact) mass is 559 g/mol. The third kappa shape index (κ3) is 8.30. The van der Waals surface area contributed by atoms with Crippen LogP contribution in [-0.4, -0.2) is 34.6 Å². The molecule has 0 saturated heterocycles. The highest BCUT2D eigenvalue weighted by Gasteiger charge is 2.24. The number of aromatic nitrogens is 1. The van der Waals surface area contributed by atoms with E-state index in [2.05, 4.69) is 70.7 Å². The van der Waals surface area contributed by atoms with Crippen molar-refractivity contribution in [3.63, 3.8) is 0 Å². The van der Waals surface area contributed by atoms with Gasteiger partial charge in [0.05, 0.1) is 17.8 Å². The number of carboxylic acid groups (broad SMARTS) is 1. The van der Waals surface area contributed by atoms with Crippen LogP contribution in [-0.2, 0) is 17.9 Å². The van der Waals surface area contributed by atoms with Crippen LogP contribution in [0.2, 0.25) is 0 Å². The van der Waals surface area contributed by atoms with Gasteiger partial charge in [-0.1, -0.05) is 65.0 Å². The molecule has 0 bridgehead atoms. The largest absolute Gasteiger partial charge is 0.481 e. The second-order valence-corrected chi connectivity index (χ2v) is 12.7. The van der Waals surface area contributed by atoms with Gasteiger partial charge in [0.2, 0.25) is 0 Å². The van der Waals surface area contributed by atoms with Crippen molar-refractivity contribution in [3.05, 3.63) is 87.7 Å². The zero-order valence-electron chi connectivity index (χ0n) is 26.2. The summed E-state index contributed by atoms with van der Waals surface area (Å²) in [7, 11) is 1.74. The van der Waals surface area contributed by atoms with Crippen molar-refractivity contribution in [1.29, 1.82) is 0 Å². The van der Waals surface area contributed by atoms with Crippen molar-refractivity contribution in [2.75, 3.05) is 24.3 Å². The molecular weight excluding hydrogens is 510 g/mol. The molecule has 1 heterocycles. The van der Waals surface area contributed by atoms with Crippen molar-refractivity contribution in [3.8, 4) is 0 Å². The first-order valence-corrected chi connectivity index (χ1v) is 14.6. The molecule has 0 saturated carbocycles. The molecule has 0 aliphatic heterocycles. The third-order valence-electron chi connectivity index (χ3n) is 7.93. The van der Waals surface area contributed by atoms with Gasteiger partial charge in [-0.2, -0.15) is 0 Å². The summed E-state index contributed by atoms with van der Waals surface area (Å²) in [6.45, 7) is 17.8. The maximum Gasteiger partial charge on any atom is 0.304 e. The van der Waals surface area contributed by atoms with E-state index in [0.29, 0.717) is 11.6 Å². The number of hydrogen-bond acceptors (Lipinski definition) is 6. The van der Waals surface area contributed by atoms with E-state index in [0.717, 1.165) is 48.4 Å². The Balaban J connectivity index is 2.04. The van der Waals surface area contributed by atoms with Crippen molar-refractivity contribution in [2.45, 2.75) is 86.2 Å². The van der Waals surface area contributed by atoms with Crippen LogP contribution < -0.4 is 16.6 Å². The smallest absolute Gasteiger partial charge is 0.304 e. The average molecular weight is 560 g/mol. The van der Waals surface area contributed by atoms with E-state index in [1.807, 2.05) is 31.3 Å². The first-order chi connectivity index (χ1) is 19.2. The molecule has 222 valence electrons. The summed E-state index contributed by atoms with van der Waals surface area (Å²) in [5.74, 6) is 5.18. The number of hydrazine groups is 1. The first-order valence-electron chi connectivity index (χ1n) is 14.6. The highest BCUT2D eigenvalue weighted by atomic mass is 16.4. The Bertz CT molecular complexity index is 1350. The minimum absolute atomic E-state index is 0.0275. The lowest BCUT2D eigenvalue weighted by Crippen LogP contribution is -2.32. The number of carboxylic acids is 1. The zero-order valence-corrected chi connectivity index (χ0v) is 26.2. The van der Waals surface area contributed by atoms with E-state index in [4.69, 9.17) is 16.6 Å². The van der Waals surface area contributed by atoms with Gasteiger partial charge in [0.25, 0.3) is 0 Å². The molecule has 0 amide bonds. The molecule has 0 aliphatic rings. The molecule has 3 aromatic rings. The summed E-state index contributed by atoms with van der Waals surface area (Å²) < 4.78 is 0. The molecule has 5 N–H and O–H groups in total. The molecule has 2 unspecified atom stereocenters. The third-order valence-corrected chi connectivity index (χ3v) is 7.93. The van der Waals surface area contributed by atoms with E-state index in [1.54, 1.807) is 7.05 Å². The van der Waals surface area contributed by atoms with Gasteiger partial charge in [0, 0.05) is 44.5 Å². The lowest BCUT2D eigenvalue weighted by Gasteiger charge is -2.32. The molecule has 3 rings (SSSR count). The van der Waals surface area contributed by atoms with Crippen LogP contribution in [0.5, 0.6) is 0 Å². The number of aryl methyl sites for hydroxylation is 1. The van der Waals surface area contributed by atoms with E-state index in [9.17, 15) is 9.90 Å². The summed E-state index contributed by atoms with van der Waals surface area (Å²) >= 11 is 0. The van der Waals surface area contributed by atoms with Crippen LogP contribution >= 0.6 is 0 Å². The van der Waals surface area contributed by atoms with Crippen LogP contribution in [0, 0.1) is 19.3 Å². The summed E-state index contributed by atoms with van der Waals surface area (Å²) in [6, 6.07) is 14.4. The maximum absolute atomic E-state index is 12.1. The van der Waals surface area contributed by atoms with E-state index in [1.165, 1.54) is 27.4 Å². The number of aliphatic carboxylic acids is 1. The number of nitrogens with two attached hydrogens (primary N) is 2. The van der Waals surface area contributed by atoms with Crippen molar-refractivity contribution >= 4 is 17.3 Å². The van der Waals surface area contributed by atoms with Crippen LogP contribution in [0.15, 0.2) is 48.7 Å². The number of pyridine rings is 1. The molecule has 7 nitrogen and oxygen atoms in total. The number of nitrogens with zero attached hydrogens (tertiary/aromatic N) is 3. The first kappa shape index (κ1) is 32.1. The number of benzene rings is 2. The quantitative estimate of drug-likeness (QED) is 0.128. The fourth-order valence-electron chi connectivity index (χ4n) is 5.62. The summed E-state index contributed by atoms with van der Waals surface area (Å²) in [6.07, 6.45) is 2.91. The molecule has 0 fully saturated rings. The van der Waals surface area contributed by atoms with Crippen LogP contribution in [0.25, 0.3) is 0 Å². The second-order valence-electron chi connectivity index (χ2n) is 12.7. The van der Waals surface area contributed by atoms with E-state index < -0.39 is 5.97 Å². The van der Waals surface area contributed by atoms with Gasteiger partial charge in [-0.3, -0.25) is 14.7 Å². The molecule has 0 radical (unpaired) electrons. The average Bonchev–Trinajstić information content (AvgIpc) is 2.89. The highest BCUT2D eigenvalue weighted by molar-refractivity contribution is 5.74. The molecule has 0 spiro atoms. The lowest BCUT2D eigenvalue weighted by molar-refractivity contribution is -0.137. The number of anilines is 2. The number of nitrogen functional groups attached to an aromatic ring is 1. The Morgan fingerprint density at radius 3 is 2.37 bits per heavy atom. The topological polar surface area (TPSA) is 109 Å². The van der Waals surface area contributed by atoms with Crippen molar-refractivity contribution in [1.82, 2.24) is 9.88 Å². The number of carbonyl (C=O) groups is 1. The number of rotatable bonds is 12. The molecule has 1 aromatic heterocycles. The molecule has 2 atom stereocenters. The van der Waals surface area contributed by atoms with Gasteiger partial charge in [-0.05, 0) is 77.1 Å². The Kier molecular flexibility index (Phi) is 10.6. The van der Waals surface area contributed by atoms with Crippen molar-refractivity contribution < 1.29 is 9.90 Å². The highest BCUT2D eigenvalue weighted by Crippen LogP contribution is 2.37. The predicted octanol–water partition coefficient (Wildman–Crippen LogP) is 6.76. The maximum atomic E-state index is 12.1. The fourth-order valence-corrected chi connectivity index (χ4v) is 5.62. The lowest BCUT2D eigenvalue weighted by atomic mass is 9.84. The van der Waals surface area contributed by atoms with E-state index >= 15 is 0 Å². The molecular formula is C34H49N5O2. The number of hydrogen-bond donors (Lipinski definition) is 3. The van der Waals surface area contributed by atoms with Crippen LogP contribution in [0.3, 0.4) is 0 Å². The molecule has 7 heteroatoms. The Morgan fingerprint density at radius 1 is 1.07 bits per heavy atom. The molecule has 41 heavy (non-hydrogen) atoms. The fraction of sp³-hybridized carbons (Fsp3) is 0.471.